The molecule has 0 aliphatic rings. The Morgan fingerprint density at radius 1 is 1.12 bits per heavy atom. The average molecular weight is 361 g/mol. The van der Waals surface area contributed by atoms with Crippen molar-refractivity contribution in [2.75, 3.05) is 12.9 Å². The third kappa shape index (κ3) is 5.32. The molecule has 6 heteroatoms. The first kappa shape index (κ1) is 19.0. The SMILES string of the molecule is Cc1ccc(OCC(=O)N[C@H](C)c2ccc(S(C)(=O)=O)cc2)c(C)c1. The van der Waals surface area contributed by atoms with Crippen LogP contribution in [0.15, 0.2) is 47.4 Å². The van der Waals surface area contributed by atoms with E-state index in [1.165, 1.54) is 0 Å². The summed E-state index contributed by atoms with van der Waals surface area (Å²) in [7, 11) is -3.22. The van der Waals surface area contributed by atoms with Crippen LogP contribution in [0.3, 0.4) is 0 Å². The minimum Gasteiger partial charge on any atom is -0.484 e. The second kappa shape index (κ2) is 7.70. The molecule has 2 rings (SSSR count). The van der Waals surface area contributed by atoms with Gasteiger partial charge in [0.25, 0.3) is 5.91 Å². The largest absolute Gasteiger partial charge is 0.484 e. The van der Waals surface area contributed by atoms with Crippen LogP contribution in [-0.4, -0.2) is 27.2 Å². The van der Waals surface area contributed by atoms with Gasteiger partial charge in [-0.15, -0.1) is 0 Å². The van der Waals surface area contributed by atoms with Crippen molar-refractivity contribution in [3.63, 3.8) is 0 Å². The lowest BCUT2D eigenvalue weighted by molar-refractivity contribution is -0.123. The Morgan fingerprint density at radius 3 is 2.32 bits per heavy atom. The highest BCUT2D eigenvalue weighted by Crippen LogP contribution is 2.19. The standard InChI is InChI=1S/C19H23NO4S/c1-13-5-10-18(14(2)11-13)24-12-19(21)20-15(3)16-6-8-17(9-7-16)25(4,22)23/h5-11,15H,12H2,1-4H3,(H,20,21)/t15-/m1/s1. The third-order valence-electron chi connectivity index (χ3n) is 3.87. The zero-order valence-corrected chi connectivity index (χ0v) is 15.7. The van der Waals surface area contributed by atoms with E-state index < -0.39 is 9.84 Å². The Balaban J connectivity index is 1.93. The molecule has 0 saturated heterocycles. The Bertz CT molecular complexity index is 857. The number of aryl methyl sites for hydroxylation is 2. The maximum Gasteiger partial charge on any atom is 0.258 e. The number of ether oxygens (including phenoxy) is 1. The summed E-state index contributed by atoms with van der Waals surface area (Å²) in [6.07, 6.45) is 1.16. The van der Waals surface area contributed by atoms with Crippen LogP contribution in [-0.2, 0) is 14.6 Å². The van der Waals surface area contributed by atoms with Gasteiger partial charge in [-0.25, -0.2) is 8.42 Å². The summed E-state index contributed by atoms with van der Waals surface area (Å²) in [4.78, 5) is 12.3. The lowest BCUT2D eigenvalue weighted by atomic mass is 10.1. The van der Waals surface area contributed by atoms with E-state index in [-0.39, 0.29) is 23.5 Å². The minimum atomic E-state index is -3.22. The predicted molar refractivity (Wildman–Crippen MR) is 97.5 cm³/mol. The van der Waals surface area contributed by atoms with Gasteiger partial charge in [0.1, 0.15) is 5.75 Å². The maximum absolute atomic E-state index is 12.1. The quantitative estimate of drug-likeness (QED) is 0.858. The minimum absolute atomic E-state index is 0.0737. The molecule has 0 aliphatic carbocycles. The second-order valence-corrected chi connectivity index (χ2v) is 8.20. The number of nitrogens with one attached hydrogen (secondary N) is 1. The summed E-state index contributed by atoms with van der Waals surface area (Å²) in [6.45, 7) is 5.70. The molecule has 5 nitrogen and oxygen atoms in total. The Morgan fingerprint density at radius 2 is 1.76 bits per heavy atom. The number of carbonyl (C=O) groups excluding carboxylic acids is 1. The zero-order valence-electron chi connectivity index (χ0n) is 14.9. The molecule has 0 radical (unpaired) electrons. The second-order valence-electron chi connectivity index (χ2n) is 6.19. The fourth-order valence-corrected chi connectivity index (χ4v) is 3.11. The van der Waals surface area contributed by atoms with Crippen molar-refractivity contribution in [1.29, 1.82) is 0 Å². The first-order valence-electron chi connectivity index (χ1n) is 7.96. The van der Waals surface area contributed by atoms with Gasteiger partial charge in [0.2, 0.25) is 0 Å². The molecule has 25 heavy (non-hydrogen) atoms. The molecule has 134 valence electrons. The molecule has 0 spiro atoms. The number of hydrogen-bond acceptors (Lipinski definition) is 4. The summed E-state index contributed by atoms with van der Waals surface area (Å²) < 4.78 is 28.5. The van der Waals surface area contributed by atoms with Gasteiger partial charge in [-0.05, 0) is 50.1 Å². The summed E-state index contributed by atoms with van der Waals surface area (Å²) in [5.41, 5.74) is 2.95. The number of carbonyl (C=O) groups is 1. The highest BCUT2D eigenvalue weighted by atomic mass is 32.2. The van der Waals surface area contributed by atoms with Gasteiger partial charge >= 0.3 is 0 Å². The van der Waals surface area contributed by atoms with E-state index in [0.29, 0.717) is 5.75 Å². The van der Waals surface area contributed by atoms with Crippen molar-refractivity contribution in [3.05, 3.63) is 59.2 Å². The predicted octanol–water partition coefficient (Wildman–Crippen LogP) is 2.96. The highest BCUT2D eigenvalue weighted by Gasteiger charge is 2.12. The molecule has 0 saturated carbocycles. The fourth-order valence-electron chi connectivity index (χ4n) is 2.47. The molecule has 1 N–H and O–H groups in total. The van der Waals surface area contributed by atoms with Gasteiger partial charge in [-0.2, -0.15) is 0 Å². The molecular formula is C19H23NO4S. The smallest absolute Gasteiger partial charge is 0.258 e. The summed E-state index contributed by atoms with van der Waals surface area (Å²) in [5.74, 6) is 0.450. The van der Waals surface area contributed by atoms with Crippen LogP contribution in [0, 0.1) is 13.8 Å². The van der Waals surface area contributed by atoms with Crippen LogP contribution >= 0.6 is 0 Å². The van der Waals surface area contributed by atoms with Gasteiger partial charge in [0.15, 0.2) is 16.4 Å². The van der Waals surface area contributed by atoms with E-state index in [4.69, 9.17) is 4.74 Å². The van der Waals surface area contributed by atoms with Gasteiger partial charge in [-0.1, -0.05) is 29.8 Å². The van der Waals surface area contributed by atoms with E-state index in [9.17, 15) is 13.2 Å². The molecule has 0 heterocycles. The Labute approximate surface area is 148 Å². The molecule has 0 unspecified atom stereocenters. The molecular weight excluding hydrogens is 338 g/mol. The van der Waals surface area contributed by atoms with E-state index in [2.05, 4.69) is 5.32 Å². The molecule has 0 fully saturated rings. The van der Waals surface area contributed by atoms with Crippen molar-refractivity contribution in [2.45, 2.75) is 31.7 Å². The van der Waals surface area contributed by atoms with Crippen molar-refractivity contribution in [3.8, 4) is 5.75 Å². The van der Waals surface area contributed by atoms with Crippen LogP contribution in [0.1, 0.15) is 29.7 Å². The highest BCUT2D eigenvalue weighted by molar-refractivity contribution is 7.90. The van der Waals surface area contributed by atoms with Crippen LogP contribution in [0.5, 0.6) is 5.75 Å². The lowest BCUT2D eigenvalue weighted by Gasteiger charge is -2.16. The molecule has 2 aromatic rings. The van der Waals surface area contributed by atoms with Gasteiger partial charge < -0.3 is 10.1 Å². The molecule has 2 aromatic carbocycles. The summed E-state index contributed by atoms with van der Waals surface area (Å²) >= 11 is 0. The normalized spacial score (nSPS) is 12.5. The summed E-state index contributed by atoms with van der Waals surface area (Å²) in [5, 5.41) is 2.84. The topological polar surface area (TPSA) is 72.5 Å². The van der Waals surface area contributed by atoms with Crippen molar-refractivity contribution >= 4 is 15.7 Å². The fraction of sp³-hybridized carbons (Fsp3) is 0.316. The first-order chi connectivity index (χ1) is 11.7. The van der Waals surface area contributed by atoms with E-state index in [1.54, 1.807) is 24.3 Å². The third-order valence-corrected chi connectivity index (χ3v) is 5.00. The summed E-state index contributed by atoms with van der Waals surface area (Å²) in [6, 6.07) is 12.0. The van der Waals surface area contributed by atoms with E-state index in [1.807, 2.05) is 39.0 Å². The number of rotatable bonds is 6. The Kier molecular flexibility index (Phi) is 5.85. The van der Waals surface area contributed by atoms with Gasteiger partial charge in [0.05, 0.1) is 10.9 Å². The maximum atomic E-state index is 12.1. The number of sulfone groups is 1. The van der Waals surface area contributed by atoms with Crippen molar-refractivity contribution < 1.29 is 17.9 Å². The van der Waals surface area contributed by atoms with Gasteiger partial charge in [-0.3, -0.25) is 4.79 Å². The van der Waals surface area contributed by atoms with Crippen LogP contribution in [0.25, 0.3) is 0 Å². The number of hydrogen-bond donors (Lipinski definition) is 1. The number of benzene rings is 2. The average Bonchev–Trinajstić information content (AvgIpc) is 2.53. The van der Waals surface area contributed by atoms with E-state index >= 15 is 0 Å². The molecule has 0 aromatic heterocycles. The first-order valence-corrected chi connectivity index (χ1v) is 9.85. The lowest BCUT2D eigenvalue weighted by Crippen LogP contribution is -2.31. The van der Waals surface area contributed by atoms with Crippen LogP contribution in [0.2, 0.25) is 0 Å². The van der Waals surface area contributed by atoms with Gasteiger partial charge in [0, 0.05) is 6.26 Å². The molecule has 1 amide bonds. The van der Waals surface area contributed by atoms with Crippen molar-refractivity contribution in [1.82, 2.24) is 5.32 Å². The van der Waals surface area contributed by atoms with Crippen LogP contribution in [0.4, 0.5) is 0 Å². The molecule has 0 bridgehead atoms. The van der Waals surface area contributed by atoms with Crippen LogP contribution < -0.4 is 10.1 Å². The Hall–Kier alpha value is -2.34. The molecule has 1 atom stereocenters. The monoisotopic (exact) mass is 361 g/mol. The zero-order chi connectivity index (χ0) is 18.6. The van der Waals surface area contributed by atoms with Crippen molar-refractivity contribution in [2.24, 2.45) is 0 Å². The molecule has 0 aliphatic heterocycles. The number of amides is 1. The van der Waals surface area contributed by atoms with E-state index in [0.717, 1.165) is 22.9 Å².